The summed E-state index contributed by atoms with van der Waals surface area (Å²) in [6.07, 6.45) is 0. The third-order valence-electron chi connectivity index (χ3n) is 1.57. The van der Waals surface area contributed by atoms with Crippen LogP contribution in [0.1, 0.15) is 0 Å². The molecule has 0 heterocycles. The molecule has 0 amide bonds. The molecule has 0 aromatic heterocycles. The molecule has 0 saturated heterocycles. The highest BCUT2D eigenvalue weighted by Gasteiger charge is 2.17. The van der Waals surface area contributed by atoms with Crippen molar-refractivity contribution >= 4 is 21.4 Å². The quantitative estimate of drug-likeness (QED) is 0.728. The Bertz CT molecular complexity index is 497. The first-order chi connectivity index (χ1) is 6.48. The highest BCUT2D eigenvalue weighted by molar-refractivity contribution is 7.95. The summed E-state index contributed by atoms with van der Waals surface area (Å²) < 4.78 is 23.0. The molecule has 0 spiro atoms. The van der Waals surface area contributed by atoms with E-state index in [9.17, 15) is 8.42 Å². The number of halogens is 1. The Balaban J connectivity index is 3.26. The first kappa shape index (κ1) is 10.8. The van der Waals surface area contributed by atoms with E-state index in [4.69, 9.17) is 16.9 Å². The number of rotatable bonds is 2. The fourth-order valence-electron chi connectivity index (χ4n) is 0.816. The van der Waals surface area contributed by atoms with Crippen molar-refractivity contribution < 1.29 is 8.42 Å². The zero-order valence-electron chi connectivity index (χ0n) is 7.07. The zero-order chi connectivity index (χ0) is 10.8. The maximum atomic E-state index is 11.5. The summed E-state index contributed by atoms with van der Waals surface area (Å²) in [6.45, 7) is 3.16. The van der Waals surface area contributed by atoms with Gasteiger partial charge in [-0.25, -0.2) is 8.42 Å². The van der Waals surface area contributed by atoms with Crippen LogP contribution >= 0.6 is 11.6 Å². The fourth-order valence-corrected chi connectivity index (χ4v) is 1.84. The van der Waals surface area contributed by atoms with Gasteiger partial charge in [-0.1, -0.05) is 18.2 Å². The normalized spacial score (nSPS) is 10.6. The van der Waals surface area contributed by atoms with E-state index >= 15 is 0 Å². The minimum Gasteiger partial charge on any atom is -0.218 e. The first-order valence-electron chi connectivity index (χ1n) is 3.58. The lowest BCUT2D eigenvalue weighted by atomic mass is 10.4. The van der Waals surface area contributed by atoms with Gasteiger partial charge in [0.2, 0.25) is 9.84 Å². The van der Waals surface area contributed by atoms with Gasteiger partial charge in [0.15, 0.2) is 0 Å². The molecule has 0 unspecified atom stereocenters. The molecular weight excluding hydrogens is 222 g/mol. The van der Waals surface area contributed by atoms with Crippen LogP contribution < -0.4 is 0 Å². The lowest BCUT2D eigenvalue weighted by Crippen LogP contribution is -2.01. The standard InChI is InChI=1S/C9H6ClNO2S/c1-7(6-11)14(12,13)9-4-2-8(10)3-5-9/h2-5H,1H2. The Hall–Kier alpha value is -1.31. The van der Waals surface area contributed by atoms with Gasteiger partial charge in [-0.2, -0.15) is 5.26 Å². The van der Waals surface area contributed by atoms with Gasteiger partial charge < -0.3 is 0 Å². The van der Waals surface area contributed by atoms with E-state index in [0.29, 0.717) is 5.02 Å². The average molecular weight is 228 g/mol. The summed E-state index contributed by atoms with van der Waals surface area (Å²) in [5, 5.41) is 8.87. The van der Waals surface area contributed by atoms with Crippen molar-refractivity contribution in [3.8, 4) is 6.07 Å². The summed E-state index contributed by atoms with van der Waals surface area (Å²) in [5.41, 5.74) is 0. The van der Waals surface area contributed by atoms with Crippen molar-refractivity contribution in [1.82, 2.24) is 0 Å². The lowest BCUT2D eigenvalue weighted by Gasteiger charge is -2.00. The summed E-state index contributed by atoms with van der Waals surface area (Å²) in [4.78, 5) is -0.451. The van der Waals surface area contributed by atoms with Crippen LogP contribution in [-0.2, 0) is 9.84 Å². The topological polar surface area (TPSA) is 57.9 Å². The van der Waals surface area contributed by atoms with Crippen LogP contribution in [0, 0.1) is 11.3 Å². The molecule has 0 bridgehead atoms. The van der Waals surface area contributed by atoms with E-state index in [2.05, 4.69) is 6.58 Å². The smallest absolute Gasteiger partial charge is 0.216 e. The maximum absolute atomic E-state index is 11.5. The Morgan fingerprint density at radius 3 is 2.29 bits per heavy atom. The van der Waals surface area contributed by atoms with E-state index in [0.717, 1.165) is 0 Å². The number of hydrogen-bond donors (Lipinski definition) is 0. The molecule has 0 atom stereocenters. The summed E-state index contributed by atoms with van der Waals surface area (Å²) in [7, 11) is -3.72. The van der Waals surface area contributed by atoms with Gasteiger partial charge >= 0.3 is 0 Å². The Kier molecular flexibility index (Phi) is 2.94. The third-order valence-corrected chi connectivity index (χ3v) is 3.46. The van der Waals surface area contributed by atoms with Gasteiger partial charge in [-0.05, 0) is 24.3 Å². The number of hydrogen-bond acceptors (Lipinski definition) is 3. The molecule has 72 valence electrons. The lowest BCUT2D eigenvalue weighted by molar-refractivity contribution is 0.603. The van der Waals surface area contributed by atoms with Crippen LogP contribution in [0.25, 0.3) is 0 Å². The molecule has 0 fully saturated rings. The number of sulfone groups is 1. The van der Waals surface area contributed by atoms with Crippen molar-refractivity contribution in [2.24, 2.45) is 0 Å². The van der Waals surface area contributed by atoms with Gasteiger partial charge in [0.1, 0.15) is 11.0 Å². The molecule has 3 nitrogen and oxygen atoms in total. The Labute approximate surface area is 87.2 Å². The Morgan fingerprint density at radius 1 is 1.36 bits per heavy atom. The minimum absolute atomic E-state index is 0.0217. The predicted molar refractivity (Wildman–Crippen MR) is 53.4 cm³/mol. The molecule has 0 aliphatic heterocycles. The van der Waals surface area contributed by atoms with Crippen molar-refractivity contribution in [1.29, 1.82) is 5.26 Å². The second-order valence-corrected chi connectivity index (χ2v) is 4.90. The molecular formula is C9H6ClNO2S. The van der Waals surface area contributed by atoms with Crippen molar-refractivity contribution in [3.63, 3.8) is 0 Å². The molecule has 1 aromatic carbocycles. The molecule has 1 aromatic rings. The van der Waals surface area contributed by atoms with Crippen molar-refractivity contribution in [3.05, 3.63) is 40.8 Å². The van der Waals surface area contributed by atoms with Crippen LogP contribution in [0.2, 0.25) is 5.02 Å². The van der Waals surface area contributed by atoms with Gasteiger partial charge in [-0.15, -0.1) is 0 Å². The van der Waals surface area contributed by atoms with E-state index in [1.165, 1.54) is 30.3 Å². The second-order valence-electron chi connectivity index (χ2n) is 2.49. The molecule has 0 N–H and O–H groups in total. The van der Waals surface area contributed by atoms with Crippen molar-refractivity contribution in [2.75, 3.05) is 0 Å². The average Bonchev–Trinajstić information content (AvgIpc) is 2.17. The first-order valence-corrected chi connectivity index (χ1v) is 5.44. The molecule has 0 aliphatic rings. The summed E-state index contributed by atoms with van der Waals surface area (Å²) >= 11 is 5.59. The summed E-state index contributed by atoms with van der Waals surface area (Å²) in [5.74, 6) is 0. The molecule has 0 saturated carbocycles. The second kappa shape index (κ2) is 3.82. The molecule has 0 aliphatic carbocycles. The van der Waals surface area contributed by atoms with Gasteiger partial charge in [0, 0.05) is 5.02 Å². The third kappa shape index (κ3) is 1.95. The van der Waals surface area contributed by atoms with Crippen LogP contribution in [0.15, 0.2) is 40.6 Å². The van der Waals surface area contributed by atoms with Crippen molar-refractivity contribution in [2.45, 2.75) is 4.90 Å². The zero-order valence-corrected chi connectivity index (χ0v) is 8.64. The number of benzene rings is 1. The van der Waals surface area contributed by atoms with E-state index in [-0.39, 0.29) is 4.90 Å². The SMILES string of the molecule is C=C(C#N)S(=O)(=O)c1ccc(Cl)cc1. The largest absolute Gasteiger partial charge is 0.218 e. The van der Waals surface area contributed by atoms with Crippen LogP contribution in [-0.4, -0.2) is 8.42 Å². The molecule has 1 rings (SSSR count). The van der Waals surface area contributed by atoms with Gasteiger partial charge in [0.25, 0.3) is 0 Å². The van der Waals surface area contributed by atoms with E-state index in [1.54, 1.807) is 0 Å². The van der Waals surface area contributed by atoms with E-state index < -0.39 is 14.7 Å². The maximum Gasteiger partial charge on any atom is 0.216 e. The number of nitriles is 1. The van der Waals surface area contributed by atoms with Crippen LogP contribution in [0.3, 0.4) is 0 Å². The van der Waals surface area contributed by atoms with Crippen LogP contribution in [0.5, 0.6) is 0 Å². The fraction of sp³-hybridized carbons (Fsp3) is 0. The summed E-state index contributed by atoms with van der Waals surface area (Å²) in [6, 6.07) is 7.06. The van der Waals surface area contributed by atoms with Gasteiger partial charge in [-0.3, -0.25) is 0 Å². The number of allylic oxidation sites excluding steroid dienone is 1. The van der Waals surface area contributed by atoms with Gasteiger partial charge in [0.05, 0.1) is 4.90 Å². The minimum atomic E-state index is -3.72. The highest BCUT2D eigenvalue weighted by Crippen LogP contribution is 2.19. The van der Waals surface area contributed by atoms with Crippen LogP contribution in [0.4, 0.5) is 0 Å². The molecule has 14 heavy (non-hydrogen) atoms. The predicted octanol–water partition coefficient (Wildman–Crippen LogP) is 2.15. The Morgan fingerprint density at radius 2 is 1.86 bits per heavy atom. The van der Waals surface area contributed by atoms with E-state index in [1.807, 2.05) is 0 Å². The highest BCUT2D eigenvalue weighted by atomic mass is 35.5. The monoisotopic (exact) mass is 227 g/mol. The number of nitrogens with zero attached hydrogens (tertiary/aromatic N) is 1. The molecule has 0 radical (unpaired) electrons. The molecule has 5 heteroatoms.